The molecular weight excluding hydrogens is 198 g/mol. The third-order valence-corrected chi connectivity index (χ3v) is 3.15. The van der Waals surface area contributed by atoms with Crippen molar-refractivity contribution in [2.75, 3.05) is 11.6 Å². The van der Waals surface area contributed by atoms with E-state index in [-0.39, 0.29) is 18.0 Å². The summed E-state index contributed by atoms with van der Waals surface area (Å²) < 4.78 is 0. The summed E-state index contributed by atoms with van der Waals surface area (Å²) in [5, 5.41) is 14.5. The Morgan fingerprint density at radius 3 is 3.14 bits per heavy atom. The number of nitrogens with zero attached hydrogens (tertiary/aromatic N) is 1. The minimum atomic E-state index is -0.0762. The highest BCUT2D eigenvalue weighted by Crippen LogP contribution is 2.10. The molecule has 4 nitrogen and oxygen atoms in total. The summed E-state index contributed by atoms with van der Waals surface area (Å²) in [6.45, 7) is 1.97. The largest absolute Gasteiger partial charge is 0.351 e. The second-order valence-electron chi connectivity index (χ2n) is 3.25. The lowest BCUT2D eigenvalue weighted by molar-refractivity contribution is -0.123. The topological polar surface area (TPSA) is 64.9 Å². The molecular formula is C9H15N3OS. The molecule has 78 valence electrons. The van der Waals surface area contributed by atoms with Crippen LogP contribution in [0.4, 0.5) is 0 Å². The SMILES string of the molecule is CCC(CC#N)NC(=O)C1CSCN1. The van der Waals surface area contributed by atoms with Gasteiger partial charge in [-0.05, 0) is 6.42 Å². The zero-order chi connectivity index (χ0) is 10.4. The van der Waals surface area contributed by atoms with Gasteiger partial charge < -0.3 is 5.32 Å². The van der Waals surface area contributed by atoms with Gasteiger partial charge in [0, 0.05) is 17.7 Å². The van der Waals surface area contributed by atoms with Crippen LogP contribution in [0.15, 0.2) is 0 Å². The van der Waals surface area contributed by atoms with Crippen molar-refractivity contribution in [2.24, 2.45) is 0 Å². The average molecular weight is 213 g/mol. The quantitative estimate of drug-likeness (QED) is 0.712. The van der Waals surface area contributed by atoms with E-state index in [0.717, 1.165) is 18.1 Å². The first-order valence-electron chi connectivity index (χ1n) is 4.76. The number of nitrogens with one attached hydrogen (secondary N) is 2. The number of hydrogen-bond donors (Lipinski definition) is 2. The van der Waals surface area contributed by atoms with Gasteiger partial charge in [-0.25, -0.2) is 0 Å². The smallest absolute Gasteiger partial charge is 0.238 e. The van der Waals surface area contributed by atoms with Crippen molar-refractivity contribution in [3.63, 3.8) is 0 Å². The predicted molar refractivity (Wildman–Crippen MR) is 56.7 cm³/mol. The van der Waals surface area contributed by atoms with Gasteiger partial charge in [0.05, 0.1) is 18.5 Å². The van der Waals surface area contributed by atoms with Crippen LogP contribution in [0, 0.1) is 11.3 Å². The molecule has 1 saturated heterocycles. The molecule has 0 aromatic rings. The molecule has 0 aromatic carbocycles. The van der Waals surface area contributed by atoms with Crippen LogP contribution in [0.3, 0.4) is 0 Å². The molecule has 0 spiro atoms. The van der Waals surface area contributed by atoms with Crippen LogP contribution in [0.25, 0.3) is 0 Å². The van der Waals surface area contributed by atoms with Crippen molar-refractivity contribution in [3.05, 3.63) is 0 Å². The molecule has 1 fully saturated rings. The van der Waals surface area contributed by atoms with Crippen molar-refractivity contribution >= 4 is 17.7 Å². The molecule has 0 aromatic heterocycles. The summed E-state index contributed by atoms with van der Waals surface area (Å²) in [5.41, 5.74) is 0. The summed E-state index contributed by atoms with van der Waals surface area (Å²) in [7, 11) is 0. The van der Waals surface area contributed by atoms with E-state index in [1.807, 2.05) is 6.92 Å². The average Bonchev–Trinajstić information content (AvgIpc) is 2.69. The second kappa shape index (κ2) is 5.89. The first kappa shape index (κ1) is 11.3. The standard InChI is InChI=1S/C9H15N3OS/c1-2-7(3-4-10)12-9(13)8-5-14-6-11-8/h7-8,11H,2-3,5-6H2,1H3,(H,12,13). The molecule has 2 atom stereocenters. The lowest BCUT2D eigenvalue weighted by atomic mass is 10.1. The van der Waals surface area contributed by atoms with Crippen LogP contribution in [-0.2, 0) is 4.79 Å². The summed E-state index contributed by atoms with van der Waals surface area (Å²) in [5.74, 6) is 1.69. The number of thioether (sulfide) groups is 1. The van der Waals surface area contributed by atoms with Crippen molar-refractivity contribution in [1.29, 1.82) is 5.26 Å². The Bertz CT molecular complexity index is 233. The molecule has 1 amide bonds. The summed E-state index contributed by atoms with van der Waals surface area (Å²) >= 11 is 1.72. The first-order chi connectivity index (χ1) is 6.77. The fourth-order valence-corrected chi connectivity index (χ4v) is 2.21. The van der Waals surface area contributed by atoms with Crippen molar-refractivity contribution in [1.82, 2.24) is 10.6 Å². The number of carbonyl (C=O) groups is 1. The molecule has 1 rings (SSSR count). The Morgan fingerprint density at radius 1 is 1.86 bits per heavy atom. The normalized spacial score (nSPS) is 22.7. The fourth-order valence-electron chi connectivity index (χ4n) is 1.27. The maximum atomic E-state index is 11.6. The lowest BCUT2D eigenvalue weighted by Gasteiger charge is -2.16. The molecule has 1 heterocycles. The van der Waals surface area contributed by atoms with Gasteiger partial charge in [-0.3, -0.25) is 10.1 Å². The van der Waals surface area contributed by atoms with Gasteiger partial charge in [0.1, 0.15) is 0 Å². The van der Waals surface area contributed by atoms with Crippen LogP contribution in [-0.4, -0.2) is 29.6 Å². The van der Waals surface area contributed by atoms with Crippen molar-refractivity contribution in [2.45, 2.75) is 31.8 Å². The maximum absolute atomic E-state index is 11.6. The van der Waals surface area contributed by atoms with Gasteiger partial charge in [0.15, 0.2) is 0 Å². The number of rotatable bonds is 4. The van der Waals surface area contributed by atoms with E-state index in [1.54, 1.807) is 11.8 Å². The molecule has 0 radical (unpaired) electrons. The number of amides is 1. The Kier molecular flexibility index (Phi) is 4.77. The zero-order valence-electron chi connectivity index (χ0n) is 8.25. The van der Waals surface area contributed by atoms with Gasteiger partial charge in [-0.2, -0.15) is 5.26 Å². The second-order valence-corrected chi connectivity index (χ2v) is 4.28. The Balaban J connectivity index is 2.34. The monoisotopic (exact) mass is 213 g/mol. The zero-order valence-corrected chi connectivity index (χ0v) is 9.06. The van der Waals surface area contributed by atoms with Gasteiger partial charge in [0.2, 0.25) is 5.91 Å². The van der Waals surface area contributed by atoms with Crippen molar-refractivity contribution < 1.29 is 4.79 Å². The number of hydrogen-bond acceptors (Lipinski definition) is 4. The Labute approximate surface area is 88.4 Å². The number of carbonyl (C=O) groups excluding carboxylic acids is 1. The van der Waals surface area contributed by atoms with E-state index in [2.05, 4.69) is 16.7 Å². The number of nitriles is 1. The van der Waals surface area contributed by atoms with E-state index < -0.39 is 0 Å². The first-order valence-corrected chi connectivity index (χ1v) is 5.91. The highest BCUT2D eigenvalue weighted by molar-refractivity contribution is 7.99. The minimum absolute atomic E-state index is 0.0000926. The van der Waals surface area contributed by atoms with Crippen LogP contribution in [0.1, 0.15) is 19.8 Å². The molecule has 2 N–H and O–H groups in total. The van der Waals surface area contributed by atoms with Crippen molar-refractivity contribution in [3.8, 4) is 6.07 Å². The molecule has 2 unspecified atom stereocenters. The predicted octanol–water partition coefficient (Wildman–Crippen LogP) is 0.457. The highest BCUT2D eigenvalue weighted by atomic mass is 32.2. The fraction of sp³-hybridized carbons (Fsp3) is 0.778. The van der Waals surface area contributed by atoms with Crippen LogP contribution < -0.4 is 10.6 Å². The summed E-state index contributed by atoms with van der Waals surface area (Å²) in [6.07, 6.45) is 1.20. The molecule has 5 heteroatoms. The van der Waals surface area contributed by atoms with E-state index >= 15 is 0 Å². The molecule has 0 saturated carbocycles. The third kappa shape index (κ3) is 3.20. The van der Waals surface area contributed by atoms with E-state index in [9.17, 15) is 4.79 Å². The van der Waals surface area contributed by atoms with Gasteiger partial charge in [-0.1, -0.05) is 6.92 Å². The van der Waals surface area contributed by atoms with Crippen LogP contribution in [0.5, 0.6) is 0 Å². The maximum Gasteiger partial charge on any atom is 0.238 e. The summed E-state index contributed by atoms with van der Waals surface area (Å²) in [4.78, 5) is 11.6. The Hall–Kier alpha value is -0.730. The highest BCUT2D eigenvalue weighted by Gasteiger charge is 2.23. The van der Waals surface area contributed by atoms with E-state index in [4.69, 9.17) is 5.26 Å². The molecule has 1 aliphatic heterocycles. The van der Waals surface area contributed by atoms with Crippen LogP contribution in [0.2, 0.25) is 0 Å². The molecule has 0 bridgehead atoms. The van der Waals surface area contributed by atoms with Gasteiger partial charge >= 0.3 is 0 Å². The van der Waals surface area contributed by atoms with E-state index in [0.29, 0.717) is 6.42 Å². The van der Waals surface area contributed by atoms with Gasteiger partial charge in [-0.15, -0.1) is 11.8 Å². The van der Waals surface area contributed by atoms with Crippen LogP contribution >= 0.6 is 11.8 Å². The molecule has 1 aliphatic rings. The summed E-state index contributed by atoms with van der Waals surface area (Å²) in [6, 6.07) is 2.00. The lowest BCUT2D eigenvalue weighted by Crippen LogP contribution is -2.46. The minimum Gasteiger partial charge on any atom is -0.351 e. The van der Waals surface area contributed by atoms with E-state index in [1.165, 1.54) is 0 Å². The third-order valence-electron chi connectivity index (χ3n) is 2.21. The molecule has 14 heavy (non-hydrogen) atoms. The van der Waals surface area contributed by atoms with Gasteiger partial charge in [0.25, 0.3) is 0 Å². The Morgan fingerprint density at radius 2 is 2.64 bits per heavy atom. The molecule has 0 aliphatic carbocycles.